The molecule has 166 valence electrons. The Labute approximate surface area is 184 Å². The molecule has 4 rings (SSSR count). The molecule has 6 nitrogen and oxygen atoms in total. The zero-order chi connectivity index (χ0) is 21.8. The highest BCUT2D eigenvalue weighted by atomic mass is 16.5. The minimum absolute atomic E-state index is 0.0298. The number of esters is 1. The molecule has 0 saturated carbocycles. The summed E-state index contributed by atoms with van der Waals surface area (Å²) >= 11 is 0. The fraction of sp³-hybridized carbons (Fsp3) is 0.560. The zero-order valence-electron chi connectivity index (χ0n) is 18.3. The lowest BCUT2D eigenvalue weighted by atomic mass is 9.71. The average Bonchev–Trinajstić information content (AvgIpc) is 3.23. The summed E-state index contributed by atoms with van der Waals surface area (Å²) in [5.41, 5.74) is 0.942. The molecule has 1 aromatic carbocycles. The van der Waals surface area contributed by atoms with E-state index in [1.165, 1.54) is 0 Å². The Morgan fingerprint density at radius 2 is 1.87 bits per heavy atom. The Morgan fingerprint density at radius 1 is 1.13 bits per heavy atom. The minimum Gasteiger partial charge on any atom is -0.465 e. The number of nitrogens with zero attached hydrogens (tertiary/aromatic N) is 2. The number of rotatable bonds is 6. The fourth-order valence-electron chi connectivity index (χ4n) is 5.33. The van der Waals surface area contributed by atoms with E-state index < -0.39 is 11.3 Å². The lowest BCUT2D eigenvalue weighted by Gasteiger charge is -2.44. The van der Waals surface area contributed by atoms with Crippen molar-refractivity contribution in [3.8, 4) is 0 Å². The Hall–Kier alpha value is -2.63. The van der Waals surface area contributed by atoms with Gasteiger partial charge in [0.05, 0.1) is 13.2 Å². The van der Waals surface area contributed by atoms with E-state index in [9.17, 15) is 14.4 Å². The summed E-state index contributed by atoms with van der Waals surface area (Å²) in [6.07, 6.45) is 7.10. The molecule has 2 atom stereocenters. The van der Waals surface area contributed by atoms with Crippen LogP contribution in [-0.2, 0) is 25.7 Å². The number of piperidine rings is 2. The largest absolute Gasteiger partial charge is 0.465 e. The van der Waals surface area contributed by atoms with Gasteiger partial charge < -0.3 is 14.5 Å². The number of carbonyl (C=O) groups excluding carboxylic acids is 3. The van der Waals surface area contributed by atoms with Gasteiger partial charge in [-0.25, -0.2) is 0 Å². The van der Waals surface area contributed by atoms with Gasteiger partial charge >= 0.3 is 5.97 Å². The highest BCUT2D eigenvalue weighted by Crippen LogP contribution is 2.51. The molecule has 2 heterocycles. The molecule has 0 aromatic heterocycles. The Kier molecular flexibility index (Phi) is 6.44. The maximum atomic E-state index is 13.6. The van der Waals surface area contributed by atoms with Gasteiger partial charge in [-0.2, -0.15) is 0 Å². The number of fused-ring (bicyclic) bond motifs is 1. The molecule has 1 aromatic rings. The van der Waals surface area contributed by atoms with Gasteiger partial charge in [0.25, 0.3) is 0 Å². The molecule has 0 bridgehead atoms. The van der Waals surface area contributed by atoms with Crippen LogP contribution in [0.25, 0.3) is 0 Å². The quantitative estimate of drug-likeness (QED) is 0.654. The number of amides is 2. The second kappa shape index (κ2) is 9.25. The first-order valence-corrected chi connectivity index (χ1v) is 11.6. The predicted octanol–water partition coefficient (Wildman–Crippen LogP) is 3.66. The van der Waals surface area contributed by atoms with Gasteiger partial charge in [0.15, 0.2) is 0 Å². The maximum Gasteiger partial charge on any atom is 0.318 e. The summed E-state index contributed by atoms with van der Waals surface area (Å²) < 4.78 is 5.48. The van der Waals surface area contributed by atoms with Crippen molar-refractivity contribution < 1.29 is 19.1 Å². The van der Waals surface area contributed by atoms with Crippen LogP contribution in [0.2, 0.25) is 0 Å². The number of hydrogen-bond donors (Lipinski definition) is 0. The van der Waals surface area contributed by atoms with Crippen LogP contribution in [0.4, 0.5) is 0 Å². The molecule has 0 radical (unpaired) electrons. The van der Waals surface area contributed by atoms with E-state index in [-0.39, 0.29) is 24.2 Å². The number of allylic oxidation sites excluding steroid dienone is 1. The lowest BCUT2D eigenvalue weighted by molar-refractivity contribution is -0.161. The SMILES string of the molecule is CCOC(=O)[C@]12CCC=C1N(Cc1ccccc1)C(=O)[C@H](CC(=O)N1CCCCC1)C2. The third-order valence-corrected chi connectivity index (χ3v) is 6.88. The monoisotopic (exact) mass is 424 g/mol. The van der Waals surface area contributed by atoms with E-state index in [1.807, 2.05) is 41.3 Å². The second-order valence-corrected chi connectivity index (χ2v) is 8.89. The number of benzene rings is 1. The van der Waals surface area contributed by atoms with Crippen molar-refractivity contribution in [2.75, 3.05) is 19.7 Å². The molecule has 6 heteroatoms. The van der Waals surface area contributed by atoms with Crippen molar-refractivity contribution in [2.45, 2.75) is 58.4 Å². The normalized spacial score (nSPS) is 25.8. The van der Waals surface area contributed by atoms with Crippen molar-refractivity contribution in [3.63, 3.8) is 0 Å². The maximum absolute atomic E-state index is 13.6. The van der Waals surface area contributed by atoms with Gasteiger partial charge in [0.2, 0.25) is 11.8 Å². The van der Waals surface area contributed by atoms with E-state index in [0.717, 1.165) is 50.0 Å². The summed E-state index contributed by atoms with van der Waals surface area (Å²) in [7, 11) is 0. The highest BCUT2D eigenvalue weighted by molar-refractivity contribution is 5.92. The standard InChI is InChI=1S/C25H32N2O4/c1-2-31-24(30)25-13-9-12-21(25)27(18-19-10-5-3-6-11-19)23(29)20(17-25)16-22(28)26-14-7-4-8-15-26/h3,5-6,10-12,20H,2,4,7-9,13-18H2,1H3/t20-,25+/m1/s1. The highest BCUT2D eigenvalue weighted by Gasteiger charge is 2.55. The molecule has 2 saturated heterocycles. The molecule has 0 spiro atoms. The third kappa shape index (κ3) is 4.25. The van der Waals surface area contributed by atoms with Crippen molar-refractivity contribution in [1.82, 2.24) is 9.80 Å². The summed E-state index contributed by atoms with van der Waals surface area (Å²) in [6.45, 7) is 4.04. The van der Waals surface area contributed by atoms with E-state index in [1.54, 1.807) is 11.8 Å². The van der Waals surface area contributed by atoms with Crippen LogP contribution in [0.15, 0.2) is 42.1 Å². The molecular weight excluding hydrogens is 392 g/mol. The van der Waals surface area contributed by atoms with Gasteiger partial charge in [-0.1, -0.05) is 36.4 Å². The zero-order valence-corrected chi connectivity index (χ0v) is 18.3. The number of likely N-dealkylation sites (tertiary alicyclic amines) is 2. The number of hydrogen-bond acceptors (Lipinski definition) is 4. The van der Waals surface area contributed by atoms with Gasteiger partial charge in [-0.3, -0.25) is 14.4 Å². The van der Waals surface area contributed by atoms with Gasteiger partial charge in [0, 0.05) is 31.1 Å². The second-order valence-electron chi connectivity index (χ2n) is 8.89. The first kappa shape index (κ1) is 21.6. The predicted molar refractivity (Wildman–Crippen MR) is 117 cm³/mol. The summed E-state index contributed by atoms with van der Waals surface area (Å²) in [6, 6.07) is 9.81. The molecule has 3 aliphatic rings. The van der Waals surface area contributed by atoms with E-state index >= 15 is 0 Å². The van der Waals surface area contributed by atoms with Crippen molar-refractivity contribution >= 4 is 17.8 Å². The van der Waals surface area contributed by atoms with Crippen molar-refractivity contribution in [1.29, 1.82) is 0 Å². The van der Waals surface area contributed by atoms with Crippen LogP contribution in [-0.4, -0.2) is 47.3 Å². The van der Waals surface area contributed by atoms with Crippen molar-refractivity contribution in [3.05, 3.63) is 47.7 Å². The van der Waals surface area contributed by atoms with Gasteiger partial charge in [0.1, 0.15) is 5.41 Å². The van der Waals surface area contributed by atoms with Crippen LogP contribution >= 0.6 is 0 Å². The Morgan fingerprint density at radius 3 is 2.58 bits per heavy atom. The first-order valence-electron chi connectivity index (χ1n) is 11.6. The molecule has 0 unspecified atom stereocenters. The summed E-state index contributed by atoms with van der Waals surface area (Å²) in [4.78, 5) is 43.3. The summed E-state index contributed by atoms with van der Waals surface area (Å²) in [5, 5.41) is 0. The first-order chi connectivity index (χ1) is 15.0. The van der Waals surface area contributed by atoms with Crippen LogP contribution in [0.1, 0.15) is 57.4 Å². The Balaban J connectivity index is 1.62. The lowest BCUT2D eigenvalue weighted by Crippen LogP contribution is -2.52. The summed E-state index contributed by atoms with van der Waals surface area (Å²) in [5.74, 6) is -0.790. The van der Waals surface area contributed by atoms with E-state index in [0.29, 0.717) is 26.0 Å². The molecule has 0 N–H and O–H groups in total. The smallest absolute Gasteiger partial charge is 0.318 e. The minimum atomic E-state index is -0.828. The number of ether oxygens (including phenoxy) is 1. The molecule has 1 aliphatic carbocycles. The Bertz CT molecular complexity index is 860. The van der Waals surface area contributed by atoms with E-state index in [4.69, 9.17) is 4.74 Å². The van der Waals surface area contributed by atoms with Crippen LogP contribution in [0.3, 0.4) is 0 Å². The van der Waals surface area contributed by atoms with Crippen molar-refractivity contribution in [2.24, 2.45) is 11.3 Å². The molecule has 2 amide bonds. The molecule has 31 heavy (non-hydrogen) atoms. The van der Waals surface area contributed by atoms with Crippen LogP contribution in [0.5, 0.6) is 0 Å². The molecule has 2 fully saturated rings. The third-order valence-electron chi connectivity index (χ3n) is 6.88. The molecule has 2 aliphatic heterocycles. The fourth-order valence-corrected chi connectivity index (χ4v) is 5.33. The van der Waals surface area contributed by atoms with Crippen LogP contribution < -0.4 is 0 Å². The topological polar surface area (TPSA) is 66.9 Å². The van der Waals surface area contributed by atoms with Gasteiger partial charge in [-0.15, -0.1) is 0 Å². The van der Waals surface area contributed by atoms with Crippen LogP contribution in [0, 0.1) is 11.3 Å². The number of carbonyl (C=O) groups is 3. The van der Waals surface area contributed by atoms with E-state index in [2.05, 4.69) is 0 Å². The van der Waals surface area contributed by atoms with Gasteiger partial charge in [-0.05, 0) is 51.0 Å². The average molecular weight is 425 g/mol. The molecular formula is C25H32N2O4.